The molecule has 0 spiro atoms. The van der Waals surface area contributed by atoms with Crippen LogP contribution in [0.25, 0.3) is 0 Å². The lowest BCUT2D eigenvalue weighted by atomic mass is 9.84. The second kappa shape index (κ2) is 6.65. The largest absolute Gasteiger partial charge is 0.368 e. The van der Waals surface area contributed by atoms with E-state index >= 15 is 0 Å². The molecule has 0 aliphatic heterocycles. The van der Waals surface area contributed by atoms with Crippen LogP contribution in [0.1, 0.15) is 29.9 Å². The van der Waals surface area contributed by atoms with Gasteiger partial charge in [-0.1, -0.05) is 60.7 Å². The van der Waals surface area contributed by atoms with Crippen LogP contribution in [0.5, 0.6) is 0 Å². The molecule has 0 saturated heterocycles. The number of nitrogens with two attached hydrogens (primary N) is 1. The minimum absolute atomic E-state index is 0.0315. The molecule has 1 saturated carbocycles. The number of hydrogen-bond donors (Lipinski definition) is 2. The van der Waals surface area contributed by atoms with Crippen LogP contribution in [0, 0.1) is 5.92 Å². The number of nitrogens with one attached hydrogen (secondary N) is 1. The van der Waals surface area contributed by atoms with E-state index in [0.717, 1.165) is 24.0 Å². The van der Waals surface area contributed by atoms with E-state index in [-0.39, 0.29) is 17.7 Å². The van der Waals surface area contributed by atoms with Gasteiger partial charge in [0.1, 0.15) is 6.04 Å². The minimum atomic E-state index is -0.757. The molecule has 4 nitrogen and oxygen atoms in total. The van der Waals surface area contributed by atoms with E-state index in [1.165, 1.54) is 0 Å². The summed E-state index contributed by atoms with van der Waals surface area (Å²) in [5.74, 6) is -0.857. The maximum absolute atomic E-state index is 12.2. The van der Waals surface area contributed by atoms with Gasteiger partial charge in [-0.3, -0.25) is 9.59 Å². The van der Waals surface area contributed by atoms with Gasteiger partial charge in [-0.25, -0.2) is 0 Å². The summed E-state index contributed by atoms with van der Waals surface area (Å²) in [7, 11) is 0. The van der Waals surface area contributed by atoms with Gasteiger partial charge >= 0.3 is 0 Å². The lowest BCUT2D eigenvalue weighted by molar-refractivity contribution is -0.128. The van der Waals surface area contributed by atoms with Crippen molar-refractivity contribution in [2.75, 3.05) is 0 Å². The Morgan fingerprint density at radius 3 is 1.78 bits per heavy atom. The highest BCUT2D eigenvalue weighted by Gasteiger charge is 2.36. The predicted octanol–water partition coefficient (Wildman–Crippen LogP) is 2.20. The first-order valence-corrected chi connectivity index (χ1v) is 7.86. The smallest absolute Gasteiger partial charge is 0.240 e. The number of primary amides is 1. The Kier molecular flexibility index (Phi) is 4.42. The van der Waals surface area contributed by atoms with Crippen LogP contribution in [0.15, 0.2) is 60.7 Å². The number of amides is 2. The summed E-state index contributed by atoms with van der Waals surface area (Å²) in [6, 6.07) is 18.6. The van der Waals surface area contributed by atoms with Gasteiger partial charge in [0, 0.05) is 11.8 Å². The number of carbonyl (C=O) groups excluding carboxylic acids is 2. The molecular weight excluding hydrogens is 288 g/mol. The number of carbonyl (C=O) groups is 2. The van der Waals surface area contributed by atoms with Gasteiger partial charge in [-0.05, 0) is 24.0 Å². The molecule has 0 bridgehead atoms. The third-order valence-electron chi connectivity index (χ3n) is 4.20. The standard InChI is InChI=1S/C19H20N2O2/c20-18(22)17(21-19(23)15-11-12-15)16(13-7-3-1-4-8-13)14-9-5-2-6-10-14/h1-10,15-17H,11-12H2,(H2,20,22)(H,21,23)/t17-/m0/s1. The SMILES string of the molecule is NC(=O)[C@@H](NC(=O)C1CC1)C(c1ccccc1)c1ccccc1. The third-order valence-corrected chi connectivity index (χ3v) is 4.20. The van der Waals surface area contributed by atoms with Crippen molar-refractivity contribution in [2.24, 2.45) is 11.7 Å². The summed E-state index contributed by atoms with van der Waals surface area (Å²) in [4.78, 5) is 24.2. The van der Waals surface area contributed by atoms with E-state index in [0.29, 0.717) is 0 Å². The van der Waals surface area contributed by atoms with Gasteiger partial charge in [0.25, 0.3) is 0 Å². The van der Waals surface area contributed by atoms with Gasteiger partial charge in [-0.15, -0.1) is 0 Å². The number of rotatable bonds is 6. The maximum atomic E-state index is 12.2. The Morgan fingerprint density at radius 1 is 0.913 bits per heavy atom. The third kappa shape index (κ3) is 3.59. The predicted molar refractivity (Wildman–Crippen MR) is 88.6 cm³/mol. The Balaban J connectivity index is 1.97. The summed E-state index contributed by atoms with van der Waals surface area (Å²) < 4.78 is 0. The molecule has 2 amide bonds. The minimum Gasteiger partial charge on any atom is -0.368 e. The van der Waals surface area contributed by atoms with Crippen molar-refractivity contribution in [1.29, 1.82) is 0 Å². The lowest BCUT2D eigenvalue weighted by Gasteiger charge is -2.26. The highest BCUT2D eigenvalue weighted by Crippen LogP contribution is 2.32. The van der Waals surface area contributed by atoms with Crippen LogP contribution < -0.4 is 11.1 Å². The second-order valence-electron chi connectivity index (χ2n) is 5.96. The van der Waals surface area contributed by atoms with Crippen LogP contribution in [0.3, 0.4) is 0 Å². The summed E-state index contributed by atoms with van der Waals surface area (Å²) in [6.45, 7) is 0. The molecule has 1 atom stereocenters. The molecule has 0 radical (unpaired) electrons. The zero-order valence-electron chi connectivity index (χ0n) is 12.8. The van der Waals surface area contributed by atoms with Gasteiger partial charge in [0.2, 0.25) is 11.8 Å². The van der Waals surface area contributed by atoms with Crippen molar-refractivity contribution in [3.8, 4) is 0 Å². The Labute approximate surface area is 135 Å². The Hall–Kier alpha value is -2.62. The zero-order valence-corrected chi connectivity index (χ0v) is 12.8. The molecule has 3 N–H and O–H groups in total. The fourth-order valence-electron chi connectivity index (χ4n) is 2.83. The van der Waals surface area contributed by atoms with Crippen molar-refractivity contribution in [3.05, 3.63) is 71.8 Å². The van der Waals surface area contributed by atoms with Gasteiger partial charge in [-0.2, -0.15) is 0 Å². The van der Waals surface area contributed by atoms with Crippen molar-refractivity contribution >= 4 is 11.8 Å². The van der Waals surface area contributed by atoms with Crippen LogP contribution in [0.4, 0.5) is 0 Å². The van der Waals surface area contributed by atoms with Crippen molar-refractivity contribution in [3.63, 3.8) is 0 Å². The average molecular weight is 308 g/mol. The van der Waals surface area contributed by atoms with Gasteiger partial charge in [0.05, 0.1) is 0 Å². The van der Waals surface area contributed by atoms with E-state index in [2.05, 4.69) is 5.32 Å². The molecule has 4 heteroatoms. The molecule has 1 aliphatic rings. The number of hydrogen-bond acceptors (Lipinski definition) is 2. The van der Waals surface area contributed by atoms with Gasteiger partial charge in [0.15, 0.2) is 0 Å². The molecular formula is C19H20N2O2. The quantitative estimate of drug-likeness (QED) is 0.858. The highest BCUT2D eigenvalue weighted by atomic mass is 16.2. The fourth-order valence-corrected chi connectivity index (χ4v) is 2.83. The molecule has 2 aromatic rings. The number of benzene rings is 2. The lowest BCUT2D eigenvalue weighted by Crippen LogP contribution is -2.49. The normalized spacial score (nSPS) is 15.2. The van der Waals surface area contributed by atoms with E-state index in [9.17, 15) is 9.59 Å². The molecule has 118 valence electrons. The van der Waals surface area contributed by atoms with Crippen LogP contribution in [-0.2, 0) is 9.59 Å². The summed E-state index contributed by atoms with van der Waals surface area (Å²) >= 11 is 0. The summed E-state index contributed by atoms with van der Waals surface area (Å²) in [5.41, 5.74) is 7.54. The average Bonchev–Trinajstić information content (AvgIpc) is 3.41. The Bertz CT molecular complexity index is 642. The monoisotopic (exact) mass is 308 g/mol. The van der Waals surface area contributed by atoms with E-state index in [4.69, 9.17) is 5.73 Å². The first kappa shape index (κ1) is 15.3. The fraction of sp³-hybridized carbons (Fsp3) is 0.263. The van der Waals surface area contributed by atoms with E-state index < -0.39 is 11.9 Å². The molecule has 0 aromatic heterocycles. The van der Waals surface area contributed by atoms with Crippen LogP contribution in [-0.4, -0.2) is 17.9 Å². The van der Waals surface area contributed by atoms with Crippen molar-refractivity contribution in [2.45, 2.75) is 24.8 Å². The van der Waals surface area contributed by atoms with Crippen molar-refractivity contribution in [1.82, 2.24) is 5.32 Å². The summed E-state index contributed by atoms with van der Waals surface area (Å²) in [6.07, 6.45) is 1.78. The van der Waals surface area contributed by atoms with Crippen molar-refractivity contribution < 1.29 is 9.59 Å². The van der Waals surface area contributed by atoms with E-state index in [1.54, 1.807) is 0 Å². The highest BCUT2D eigenvalue weighted by molar-refractivity contribution is 5.89. The maximum Gasteiger partial charge on any atom is 0.240 e. The summed E-state index contributed by atoms with van der Waals surface area (Å²) in [5, 5.41) is 2.86. The molecule has 1 aliphatic carbocycles. The zero-order chi connectivity index (χ0) is 16.2. The van der Waals surface area contributed by atoms with E-state index in [1.807, 2.05) is 60.7 Å². The topological polar surface area (TPSA) is 72.2 Å². The molecule has 1 fully saturated rings. The second-order valence-corrected chi connectivity index (χ2v) is 5.96. The molecule has 0 unspecified atom stereocenters. The molecule has 2 aromatic carbocycles. The first-order chi connectivity index (χ1) is 11.2. The molecule has 0 heterocycles. The molecule has 23 heavy (non-hydrogen) atoms. The molecule has 3 rings (SSSR count). The van der Waals surface area contributed by atoms with Gasteiger partial charge < -0.3 is 11.1 Å². The van der Waals surface area contributed by atoms with Crippen LogP contribution >= 0.6 is 0 Å². The first-order valence-electron chi connectivity index (χ1n) is 7.86. The Morgan fingerprint density at radius 2 is 1.39 bits per heavy atom. The van der Waals surface area contributed by atoms with Crippen LogP contribution in [0.2, 0.25) is 0 Å².